The van der Waals surface area contributed by atoms with Gasteiger partial charge in [0.05, 0.1) is 12.3 Å². The van der Waals surface area contributed by atoms with Crippen molar-refractivity contribution in [2.45, 2.75) is 13.8 Å². The Balaban J connectivity index is 2.64. The Morgan fingerprint density at radius 3 is 2.70 bits per heavy atom. The van der Waals surface area contributed by atoms with Crippen LogP contribution >= 0.6 is 15.9 Å². The fraction of sp³-hybridized carbons (Fsp3) is 0.500. The highest BCUT2D eigenvalue weighted by Gasteiger charge is 2.15. The predicted octanol–water partition coefficient (Wildman–Crippen LogP) is 1.58. The van der Waals surface area contributed by atoms with E-state index in [9.17, 15) is 0 Å². The van der Waals surface area contributed by atoms with Gasteiger partial charge in [0.25, 0.3) is 0 Å². The van der Waals surface area contributed by atoms with Crippen molar-refractivity contribution in [2.24, 2.45) is 5.10 Å². The van der Waals surface area contributed by atoms with Gasteiger partial charge in [0, 0.05) is 0 Å². The summed E-state index contributed by atoms with van der Waals surface area (Å²) in [5.41, 5.74) is 4.65. The summed E-state index contributed by atoms with van der Waals surface area (Å²) in [6, 6.07) is 0. The molecule has 0 spiro atoms. The van der Waals surface area contributed by atoms with Gasteiger partial charge in [-0.05, 0) is 29.8 Å². The molecule has 0 saturated carbocycles. The highest BCUT2D eigenvalue weighted by molar-refractivity contribution is 9.12. The van der Waals surface area contributed by atoms with E-state index in [0.717, 1.165) is 10.2 Å². The SMILES string of the molecule is CCOC1=C(Br)C(C)=N[N]1. The zero-order valence-electron chi connectivity index (χ0n) is 5.89. The van der Waals surface area contributed by atoms with Gasteiger partial charge in [0.1, 0.15) is 4.48 Å². The molecular formula is C6H8BrN2O. The third kappa shape index (κ3) is 1.31. The Morgan fingerprint density at radius 1 is 1.60 bits per heavy atom. The lowest BCUT2D eigenvalue weighted by Gasteiger charge is -1.99. The first-order valence-electron chi connectivity index (χ1n) is 3.04. The number of halogens is 1. The summed E-state index contributed by atoms with van der Waals surface area (Å²) in [6.45, 7) is 4.41. The van der Waals surface area contributed by atoms with Gasteiger partial charge in [-0.2, -0.15) is 5.10 Å². The van der Waals surface area contributed by atoms with Gasteiger partial charge >= 0.3 is 0 Å². The molecule has 1 aliphatic heterocycles. The summed E-state index contributed by atoms with van der Waals surface area (Å²) in [4.78, 5) is 0. The third-order valence-corrected chi connectivity index (χ3v) is 1.99. The summed E-state index contributed by atoms with van der Waals surface area (Å²) in [7, 11) is 0. The molecule has 1 aliphatic rings. The van der Waals surface area contributed by atoms with Gasteiger partial charge in [0.2, 0.25) is 5.88 Å². The average Bonchev–Trinajstić information content (AvgIpc) is 2.20. The maximum Gasteiger partial charge on any atom is 0.249 e. The molecule has 1 rings (SSSR count). The molecule has 4 heteroatoms. The fourth-order valence-corrected chi connectivity index (χ4v) is 0.865. The number of rotatable bonds is 2. The van der Waals surface area contributed by atoms with E-state index in [1.165, 1.54) is 0 Å². The lowest BCUT2D eigenvalue weighted by atomic mass is 10.4. The summed E-state index contributed by atoms with van der Waals surface area (Å²) in [5, 5.41) is 3.81. The molecule has 0 N–H and O–H groups in total. The molecule has 0 aromatic rings. The van der Waals surface area contributed by atoms with Crippen LogP contribution in [0, 0.1) is 0 Å². The largest absolute Gasteiger partial charge is 0.476 e. The minimum Gasteiger partial charge on any atom is -0.476 e. The van der Waals surface area contributed by atoms with Crippen LogP contribution in [0.1, 0.15) is 13.8 Å². The standard InChI is InChI=1S/C6H8BrN2O/c1-3-10-6-5(7)4(2)8-9-6/h3H2,1-2H3. The van der Waals surface area contributed by atoms with Gasteiger partial charge in [-0.15, -0.1) is 5.43 Å². The molecular weight excluding hydrogens is 196 g/mol. The molecule has 0 unspecified atom stereocenters. The third-order valence-electron chi connectivity index (χ3n) is 1.08. The first-order valence-corrected chi connectivity index (χ1v) is 3.83. The zero-order valence-corrected chi connectivity index (χ0v) is 7.47. The molecule has 0 atom stereocenters. The van der Waals surface area contributed by atoms with E-state index in [4.69, 9.17) is 4.74 Å². The Morgan fingerprint density at radius 2 is 2.30 bits per heavy atom. The number of hydrogen-bond donors (Lipinski definition) is 0. The second kappa shape index (κ2) is 3.05. The topological polar surface area (TPSA) is 35.7 Å². The summed E-state index contributed by atoms with van der Waals surface area (Å²) in [5.74, 6) is 0.583. The highest BCUT2D eigenvalue weighted by Crippen LogP contribution is 2.19. The highest BCUT2D eigenvalue weighted by atomic mass is 79.9. The van der Waals surface area contributed by atoms with Crippen LogP contribution in [0.2, 0.25) is 0 Å². The molecule has 0 bridgehead atoms. The van der Waals surface area contributed by atoms with Crippen molar-refractivity contribution in [3.05, 3.63) is 10.4 Å². The van der Waals surface area contributed by atoms with E-state index in [1.54, 1.807) is 0 Å². The molecule has 1 heterocycles. The fourth-order valence-electron chi connectivity index (χ4n) is 0.592. The van der Waals surface area contributed by atoms with Crippen LogP contribution in [0.15, 0.2) is 15.5 Å². The lowest BCUT2D eigenvalue weighted by Crippen LogP contribution is -1.98. The van der Waals surface area contributed by atoms with Gasteiger partial charge < -0.3 is 4.74 Å². The molecule has 10 heavy (non-hydrogen) atoms. The average molecular weight is 204 g/mol. The Kier molecular flexibility index (Phi) is 2.32. The zero-order chi connectivity index (χ0) is 7.56. The molecule has 0 saturated heterocycles. The van der Waals surface area contributed by atoms with E-state index in [-0.39, 0.29) is 0 Å². The quantitative estimate of drug-likeness (QED) is 0.672. The first kappa shape index (κ1) is 7.60. The van der Waals surface area contributed by atoms with Crippen molar-refractivity contribution in [1.29, 1.82) is 0 Å². The van der Waals surface area contributed by atoms with Crippen molar-refractivity contribution >= 4 is 21.6 Å². The summed E-state index contributed by atoms with van der Waals surface area (Å²) >= 11 is 3.30. The molecule has 1 radical (unpaired) electrons. The molecule has 0 aromatic carbocycles. The second-order valence-electron chi connectivity index (χ2n) is 1.84. The van der Waals surface area contributed by atoms with Crippen LogP contribution in [0.4, 0.5) is 0 Å². The van der Waals surface area contributed by atoms with Crippen LogP contribution in [0.3, 0.4) is 0 Å². The second-order valence-corrected chi connectivity index (χ2v) is 2.63. The molecule has 55 valence electrons. The number of nitrogens with zero attached hydrogens (tertiary/aromatic N) is 2. The number of ether oxygens (including phenoxy) is 1. The Bertz CT molecular complexity index is 198. The van der Waals surface area contributed by atoms with E-state index in [0.29, 0.717) is 12.5 Å². The van der Waals surface area contributed by atoms with Gasteiger partial charge in [-0.25, -0.2) is 0 Å². The van der Waals surface area contributed by atoms with E-state index >= 15 is 0 Å². The maximum absolute atomic E-state index is 5.14. The Labute approximate surface area is 68.3 Å². The first-order chi connectivity index (χ1) is 4.75. The minimum atomic E-state index is 0.583. The number of hydrogen-bond acceptors (Lipinski definition) is 2. The van der Waals surface area contributed by atoms with E-state index < -0.39 is 0 Å². The minimum absolute atomic E-state index is 0.583. The van der Waals surface area contributed by atoms with Crippen LogP contribution < -0.4 is 5.43 Å². The van der Waals surface area contributed by atoms with Crippen molar-refractivity contribution < 1.29 is 4.74 Å². The van der Waals surface area contributed by atoms with Gasteiger partial charge in [0.15, 0.2) is 0 Å². The number of allylic oxidation sites excluding steroid dienone is 1. The molecule has 0 aliphatic carbocycles. The van der Waals surface area contributed by atoms with Crippen LogP contribution in [-0.2, 0) is 4.74 Å². The molecule has 0 aromatic heterocycles. The van der Waals surface area contributed by atoms with Crippen molar-refractivity contribution in [3.8, 4) is 0 Å². The predicted molar refractivity (Wildman–Crippen MR) is 42.8 cm³/mol. The van der Waals surface area contributed by atoms with Crippen molar-refractivity contribution in [1.82, 2.24) is 5.43 Å². The van der Waals surface area contributed by atoms with E-state index in [2.05, 4.69) is 26.5 Å². The van der Waals surface area contributed by atoms with Gasteiger partial charge in [-0.3, -0.25) is 0 Å². The van der Waals surface area contributed by atoms with Crippen molar-refractivity contribution in [3.63, 3.8) is 0 Å². The van der Waals surface area contributed by atoms with Crippen molar-refractivity contribution in [2.75, 3.05) is 6.61 Å². The smallest absolute Gasteiger partial charge is 0.249 e. The van der Waals surface area contributed by atoms with E-state index in [1.807, 2.05) is 13.8 Å². The van der Waals surface area contributed by atoms with Crippen LogP contribution in [0.5, 0.6) is 0 Å². The Hall–Kier alpha value is -0.510. The van der Waals surface area contributed by atoms with Gasteiger partial charge in [-0.1, -0.05) is 0 Å². The summed E-state index contributed by atoms with van der Waals surface area (Å²) in [6.07, 6.45) is 0. The monoisotopic (exact) mass is 203 g/mol. The molecule has 3 nitrogen and oxygen atoms in total. The molecule has 0 amide bonds. The normalized spacial score (nSPS) is 16.9. The molecule has 0 fully saturated rings. The van der Waals surface area contributed by atoms with Crippen LogP contribution in [0.25, 0.3) is 0 Å². The summed E-state index contributed by atoms with van der Waals surface area (Å²) < 4.78 is 5.99. The lowest BCUT2D eigenvalue weighted by molar-refractivity contribution is 0.207. The van der Waals surface area contributed by atoms with Crippen LogP contribution in [-0.4, -0.2) is 12.3 Å². The maximum atomic E-state index is 5.14.